The molecule has 0 spiro atoms. The fraction of sp³-hybridized carbons (Fsp3) is 0.375. The first kappa shape index (κ1) is 16.8. The van der Waals surface area contributed by atoms with Crippen LogP contribution in [0.3, 0.4) is 0 Å². The summed E-state index contributed by atoms with van der Waals surface area (Å²) in [5, 5.41) is 3.13. The monoisotopic (exact) mass is 351 g/mol. The molecule has 128 valence electrons. The number of fused-ring (bicyclic) bond motifs is 1. The average molecular weight is 351 g/mol. The van der Waals surface area contributed by atoms with Crippen LogP contribution in [0.2, 0.25) is 0 Å². The summed E-state index contributed by atoms with van der Waals surface area (Å²) in [4.78, 5) is 16.1. The number of hydrogen-bond acceptors (Lipinski definition) is 4. The fourth-order valence-electron chi connectivity index (χ4n) is 2.72. The second-order valence-electron chi connectivity index (χ2n) is 5.69. The number of hydrogen-bond donors (Lipinski definition) is 1. The SMILES string of the molecule is O=C(NCCS(=O)(=O)N1CCCC1)c1ccc2cccc(F)c2n1. The molecule has 1 saturated heterocycles. The lowest BCUT2D eigenvalue weighted by Gasteiger charge is -2.15. The highest BCUT2D eigenvalue weighted by Gasteiger charge is 2.25. The number of carbonyl (C=O) groups is 1. The number of benzene rings is 1. The smallest absolute Gasteiger partial charge is 0.269 e. The molecule has 3 rings (SSSR count). The Morgan fingerprint density at radius 3 is 2.71 bits per heavy atom. The maximum Gasteiger partial charge on any atom is 0.269 e. The van der Waals surface area contributed by atoms with Gasteiger partial charge in [0, 0.05) is 25.0 Å². The van der Waals surface area contributed by atoms with Crippen LogP contribution < -0.4 is 5.32 Å². The van der Waals surface area contributed by atoms with Gasteiger partial charge in [-0.1, -0.05) is 18.2 Å². The van der Waals surface area contributed by atoms with Gasteiger partial charge in [0.25, 0.3) is 5.91 Å². The number of pyridine rings is 1. The van der Waals surface area contributed by atoms with Crippen molar-refractivity contribution in [2.24, 2.45) is 0 Å². The quantitative estimate of drug-likeness (QED) is 0.886. The van der Waals surface area contributed by atoms with E-state index in [9.17, 15) is 17.6 Å². The van der Waals surface area contributed by atoms with Crippen LogP contribution in [0.25, 0.3) is 10.9 Å². The zero-order valence-corrected chi connectivity index (χ0v) is 13.9. The third-order valence-corrected chi connectivity index (χ3v) is 5.88. The average Bonchev–Trinajstić information content (AvgIpc) is 3.10. The molecule has 0 saturated carbocycles. The van der Waals surface area contributed by atoms with Gasteiger partial charge in [0.2, 0.25) is 10.0 Å². The lowest BCUT2D eigenvalue weighted by Crippen LogP contribution is -2.36. The third kappa shape index (κ3) is 3.54. The number of aromatic nitrogens is 1. The Labute approximate surface area is 139 Å². The van der Waals surface area contributed by atoms with Crippen molar-refractivity contribution >= 4 is 26.8 Å². The van der Waals surface area contributed by atoms with Gasteiger partial charge in [-0.3, -0.25) is 4.79 Å². The predicted molar refractivity (Wildman–Crippen MR) is 88.6 cm³/mol. The fourth-order valence-corrected chi connectivity index (χ4v) is 4.15. The number of sulfonamides is 1. The summed E-state index contributed by atoms with van der Waals surface area (Å²) in [6, 6.07) is 7.66. The molecule has 1 amide bonds. The molecule has 24 heavy (non-hydrogen) atoms. The summed E-state index contributed by atoms with van der Waals surface area (Å²) >= 11 is 0. The van der Waals surface area contributed by atoms with Crippen molar-refractivity contribution in [3.8, 4) is 0 Å². The number of para-hydroxylation sites is 1. The van der Waals surface area contributed by atoms with E-state index in [-0.39, 0.29) is 23.5 Å². The van der Waals surface area contributed by atoms with Crippen molar-refractivity contribution in [1.82, 2.24) is 14.6 Å². The zero-order chi connectivity index (χ0) is 17.2. The second-order valence-corrected chi connectivity index (χ2v) is 7.77. The molecule has 8 heteroatoms. The molecule has 6 nitrogen and oxygen atoms in total. The van der Waals surface area contributed by atoms with Gasteiger partial charge in [-0.05, 0) is 25.0 Å². The Morgan fingerprint density at radius 2 is 1.96 bits per heavy atom. The van der Waals surface area contributed by atoms with Crippen molar-refractivity contribution in [1.29, 1.82) is 0 Å². The van der Waals surface area contributed by atoms with Crippen molar-refractivity contribution < 1.29 is 17.6 Å². The summed E-state index contributed by atoms with van der Waals surface area (Å²) in [6.45, 7) is 1.08. The van der Waals surface area contributed by atoms with E-state index in [2.05, 4.69) is 10.3 Å². The highest BCUT2D eigenvalue weighted by Crippen LogP contribution is 2.16. The Morgan fingerprint density at radius 1 is 1.21 bits per heavy atom. The van der Waals surface area contributed by atoms with Gasteiger partial charge in [0.1, 0.15) is 17.0 Å². The molecule has 1 aliphatic heterocycles. The second kappa shape index (κ2) is 6.82. The van der Waals surface area contributed by atoms with E-state index >= 15 is 0 Å². The zero-order valence-electron chi connectivity index (χ0n) is 13.0. The maximum atomic E-state index is 13.7. The van der Waals surface area contributed by atoms with E-state index in [1.165, 1.54) is 16.4 Å². The minimum atomic E-state index is -3.34. The van der Waals surface area contributed by atoms with Gasteiger partial charge in [-0.25, -0.2) is 22.1 Å². The molecule has 1 N–H and O–H groups in total. The van der Waals surface area contributed by atoms with E-state index in [0.717, 1.165) is 12.8 Å². The van der Waals surface area contributed by atoms with Crippen LogP contribution in [-0.4, -0.2) is 49.0 Å². The first-order valence-electron chi connectivity index (χ1n) is 7.79. The van der Waals surface area contributed by atoms with Gasteiger partial charge >= 0.3 is 0 Å². The van der Waals surface area contributed by atoms with Crippen LogP contribution in [0.15, 0.2) is 30.3 Å². The molecule has 0 radical (unpaired) electrons. The van der Waals surface area contributed by atoms with Crippen molar-refractivity contribution in [3.63, 3.8) is 0 Å². The van der Waals surface area contributed by atoms with E-state index in [1.54, 1.807) is 18.2 Å². The molecule has 0 bridgehead atoms. The first-order valence-corrected chi connectivity index (χ1v) is 9.39. The van der Waals surface area contributed by atoms with E-state index in [4.69, 9.17) is 0 Å². The predicted octanol–water partition coefficient (Wildman–Crippen LogP) is 1.53. The van der Waals surface area contributed by atoms with Gasteiger partial charge in [0.15, 0.2) is 0 Å². The van der Waals surface area contributed by atoms with Crippen LogP contribution in [0.1, 0.15) is 23.3 Å². The van der Waals surface area contributed by atoms with Crippen LogP contribution in [0.5, 0.6) is 0 Å². The molecular formula is C16H18FN3O3S. The van der Waals surface area contributed by atoms with E-state index in [1.807, 2.05) is 0 Å². The standard InChI is InChI=1S/C16H18FN3O3S/c17-13-5-3-4-12-6-7-14(19-15(12)13)16(21)18-8-11-24(22,23)20-9-1-2-10-20/h3-7H,1-2,8-11H2,(H,18,21). The third-order valence-electron chi connectivity index (χ3n) is 4.01. The number of nitrogens with one attached hydrogen (secondary N) is 1. The Balaban J connectivity index is 1.64. The van der Waals surface area contributed by atoms with Crippen LogP contribution >= 0.6 is 0 Å². The molecule has 0 unspecified atom stereocenters. The molecule has 1 aromatic heterocycles. The van der Waals surface area contributed by atoms with E-state index < -0.39 is 21.7 Å². The largest absolute Gasteiger partial charge is 0.350 e. The number of carbonyl (C=O) groups excluding carboxylic acids is 1. The van der Waals surface area contributed by atoms with Crippen LogP contribution in [-0.2, 0) is 10.0 Å². The summed E-state index contributed by atoms with van der Waals surface area (Å²) in [7, 11) is -3.34. The highest BCUT2D eigenvalue weighted by molar-refractivity contribution is 7.89. The molecule has 1 aromatic carbocycles. The normalized spacial score (nSPS) is 15.7. The maximum absolute atomic E-state index is 13.7. The number of amides is 1. The number of halogens is 1. The summed E-state index contributed by atoms with van der Waals surface area (Å²) in [6.07, 6.45) is 1.75. The minimum Gasteiger partial charge on any atom is -0.350 e. The van der Waals surface area contributed by atoms with Gasteiger partial charge in [-0.15, -0.1) is 0 Å². The van der Waals surface area contributed by atoms with Crippen LogP contribution in [0, 0.1) is 5.82 Å². The topological polar surface area (TPSA) is 79.4 Å². The Bertz CT molecular complexity index is 864. The van der Waals surface area contributed by atoms with Crippen LogP contribution in [0.4, 0.5) is 4.39 Å². The van der Waals surface area contributed by atoms with Crippen molar-refractivity contribution in [2.75, 3.05) is 25.4 Å². The van der Waals surface area contributed by atoms with E-state index in [0.29, 0.717) is 18.5 Å². The van der Waals surface area contributed by atoms with Crippen molar-refractivity contribution in [3.05, 3.63) is 41.8 Å². The Kier molecular flexibility index (Phi) is 4.77. The first-order chi connectivity index (χ1) is 11.5. The number of nitrogens with zero attached hydrogens (tertiary/aromatic N) is 2. The van der Waals surface area contributed by atoms with Crippen molar-refractivity contribution in [2.45, 2.75) is 12.8 Å². The summed E-state index contributed by atoms with van der Waals surface area (Å²) in [5.74, 6) is -1.17. The lowest BCUT2D eigenvalue weighted by molar-refractivity contribution is 0.0951. The van der Waals surface area contributed by atoms with Gasteiger partial charge in [0.05, 0.1) is 5.75 Å². The molecule has 0 atom stereocenters. The molecule has 2 heterocycles. The van der Waals surface area contributed by atoms with Gasteiger partial charge < -0.3 is 5.32 Å². The molecule has 0 aliphatic carbocycles. The lowest BCUT2D eigenvalue weighted by atomic mass is 10.2. The molecule has 1 fully saturated rings. The minimum absolute atomic E-state index is 0.00530. The highest BCUT2D eigenvalue weighted by atomic mass is 32.2. The van der Waals surface area contributed by atoms with Gasteiger partial charge in [-0.2, -0.15) is 0 Å². The number of rotatable bonds is 5. The summed E-state index contributed by atoms with van der Waals surface area (Å²) in [5.41, 5.74) is 0.181. The molecular weight excluding hydrogens is 333 g/mol. The Hall–Kier alpha value is -2.06. The molecule has 1 aliphatic rings. The molecule has 2 aromatic rings. The summed E-state index contributed by atoms with van der Waals surface area (Å²) < 4.78 is 39.3.